The lowest BCUT2D eigenvalue weighted by atomic mass is 10.0. The normalized spacial score (nSPS) is 16.4. The van der Waals surface area contributed by atoms with Crippen molar-refractivity contribution in [2.75, 3.05) is 26.2 Å². The second kappa shape index (κ2) is 17.1. The molecule has 1 heterocycles. The van der Waals surface area contributed by atoms with Crippen molar-refractivity contribution in [3.63, 3.8) is 0 Å². The van der Waals surface area contributed by atoms with Crippen LogP contribution in [0.1, 0.15) is 136 Å². The van der Waals surface area contributed by atoms with Crippen LogP contribution in [0.25, 0.3) is 0 Å². The van der Waals surface area contributed by atoms with Crippen molar-refractivity contribution in [1.82, 2.24) is 0 Å². The molecule has 0 saturated carbocycles. The number of unbranched alkanes of at least 4 members (excludes halogenated alkanes) is 15. The zero-order chi connectivity index (χ0) is 18.8. The van der Waals surface area contributed by atoms with Crippen LogP contribution in [0.3, 0.4) is 0 Å². The molecule has 1 aliphatic rings. The first-order chi connectivity index (χ1) is 12.8. The highest BCUT2D eigenvalue weighted by Crippen LogP contribution is 2.22. The minimum atomic E-state index is 1.37. The number of nitrogens with zero attached hydrogens (tertiary/aromatic N) is 1. The summed E-state index contributed by atoms with van der Waals surface area (Å²) in [5.41, 5.74) is 0. The van der Waals surface area contributed by atoms with Crippen LogP contribution in [0, 0.1) is 0 Å². The van der Waals surface area contributed by atoms with Gasteiger partial charge in [0.15, 0.2) is 0 Å². The van der Waals surface area contributed by atoms with Gasteiger partial charge in [-0.1, -0.05) is 97.3 Å². The van der Waals surface area contributed by atoms with Crippen molar-refractivity contribution in [2.45, 2.75) is 136 Å². The molecule has 1 aliphatic heterocycles. The van der Waals surface area contributed by atoms with Crippen LogP contribution in [0.5, 0.6) is 0 Å². The van der Waals surface area contributed by atoms with Gasteiger partial charge in [-0.15, -0.1) is 0 Å². The Hall–Kier alpha value is -0.0400. The molecule has 1 heteroatoms. The number of likely N-dealkylation sites (tertiary alicyclic amines) is 1. The molecule has 0 N–H and O–H groups in total. The number of rotatable bonds is 19. The summed E-state index contributed by atoms with van der Waals surface area (Å²) >= 11 is 0. The fraction of sp³-hybridized carbons (Fsp3) is 1.00. The van der Waals surface area contributed by atoms with E-state index in [-0.39, 0.29) is 0 Å². The molecule has 0 unspecified atom stereocenters. The standard InChI is InChI=1S/C25H52N/c1-3-5-7-8-9-10-11-12-13-14-15-16-17-19-23-26(22-18-6-4-2)24-20-21-25-26/h3-25H2,1-2H3/q+1. The predicted octanol–water partition coefficient (Wildman–Crippen LogP) is 8.27. The van der Waals surface area contributed by atoms with Gasteiger partial charge in [-0.05, 0) is 25.7 Å². The summed E-state index contributed by atoms with van der Waals surface area (Å²) in [7, 11) is 0. The van der Waals surface area contributed by atoms with E-state index in [1.54, 1.807) is 0 Å². The Morgan fingerprint density at radius 2 is 0.731 bits per heavy atom. The molecule has 0 aromatic heterocycles. The minimum absolute atomic E-state index is 1.37. The molecule has 0 aromatic carbocycles. The van der Waals surface area contributed by atoms with Crippen LogP contribution in [0.2, 0.25) is 0 Å². The van der Waals surface area contributed by atoms with E-state index in [9.17, 15) is 0 Å². The highest BCUT2D eigenvalue weighted by molar-refractivity contribution is 4.57. The third-order valence-electron chi connectivity index (χ3n) is 6.74. The number of hydrogen-bond donors (Lipinski definition) is 0. The van der Waals surface area contributed by atoms with Crippen LogP contribution < -0.4 is 0 Å². The Morgan fingerprint density at radius 1 is 0.423 bits per heavy atom. The zero-order valence-corrected chi connectivity index (χ0v) is 18.7. The van der Waals surface area contributed by atoms with E-state index >= 15 is 0 Å². The van der Waals surface area contributed by atoms with E-state index in [0.717, 1.165) is 0 Å². The van der Waals surface area contributed by atoms with E-state index in [4.69, 9.17) is 0 Å². The van der Waals surface area contributed by atoms with Crippen molar-refractivity contribution in [2.24, 2.45) is 0 Å². The highest BCUT2D eigenvalue weighted by Gasteiger charge is 2.30. The lowest BCUT2D eigenvalue weighted by molar-refractivity contribution is -0.917. The van der Waals surface area contributed by atoms with E-state index in [1.165, 1.54) is 153 Å². The van der Waals surface area contributed by atoms with Gasteiger partial charge in [-0.25, -0.2) is 0 Å². The summed E-state index contributed by atoms with van der Waals surface area (Å²) in [6, 6.07) is 0. The number of hydrogen-bond acceptors (Lipinski definition) is 0. The molecule has 0 aliphatic carbocycles. The van der Waals surface area contributed by atoms with Crippen LogP contribution in [0.4, 0.5) is 0 Å². The van der Waals surface area contributed by atoms with Gasteiger partial charge in [-0.3, -0.25) is 0 Å². The third kappa shape index (κ3) is 12.4. The van der Waals surface area contributed by atoms with Crippen LogP contribution in [-0.4, -0.2) is 30.7 Å². The molecule has 1 rings (SSSR count). The molecule has 0 spiro atoms. The lowest BCUT2D eigenvalue weighted by Gasteiger charge is -2.34. The van der Waals surface area contributed by atoms with Crippen molar-refractivity contribution in [3.8, 4) is 0 Å². The Balaban J connectivity index is 1.86. The van der Waals surface area contributed by atoms with E-state index in [0.29, 0.717) is 0 Å². The maximum atomic E-state index is 2.34. The Bertz CT molecular complexity index is 280. The van der Waals surface area contributed by atoms with Crippen molar-refractivity contribution < 1.29 is 4.48 Å². The first-order valence-corrected chi connectivity index (χ1v) is 12.7. The average Bonchev–Trinajstić information content (AvgIpc) is 3.11. The molecule has 0 radical (unpaired) electrons. The summed E-state index contributed by atoms with van der Waals surface area (Å²) in [5, 5.41) is 0. The van der Waals surface area contributed by atoms with E-state index < -0.39 is 0 Å². The van der Waals surface area contributed by atoms with Crippen molar-refractivity contribution >= 4 is 0 Å². The second-order valence-electron chi connectivity index (χ2n) is 9.25. The van der Waals surface area contributed by atoms with Gasteiger partial charge in [-0.2, -0.15) is 0 Å². The maximum absolute atomic E-state index is 2.34. The van der Waals surface area contributed by atoms with Gasteiger partial charge >= 0.3 is 0 Å². The molecular formula is C25H52N+. The monoisotopic (exact) mass is 366 g/mol. The largest absolute Gasteiger partial charge is 0.324 e. The van der Waals surface area contributed by atoms with Crippen molar-refractivity contribution in [3.05, 3.63) is 0 Å². The molecule has 1 fully saturated rings. The molecule has 0 amide bonds. The average molecular weight is 367 g/mol. The Morgan fingerprint density at radius 3 is 1.15 bits per heavy atom. The molecule has 156 valence electrons. The predicted molar refractivity (Wildman–Crippen MR) is 119 cm³/mol. The SMILES string of the molecule is CCCCCCCCCCCCCCCC[N+]1(CCCCC)CCCC1. The summed E-state index contributed by atoms with van der Waals surface area (Å²) in [6.07, 6.45) is 27.9. The number of quaternary nitrogens is 1. The van der Waals surface area contributed by atoms with Gasteiger partial charge < -0.3 is 4.48 Å². The zero-order valence-electron chi connectivity index (χ0n) is 18.7. The molecule has 0 bridgehead atoms. The quantitative estimate of drug-likeness (QED) is 0.159. The molecule has 0 aromatic rings. The van der Waals surface area contributed by atoms with Crippen LogP contribution in [0.15, 0.2) is 0 Å². The first-order valence-electron chi connectivity index (χ1n) is 12.7. The fourth-order valence-corrected chi connectivity index (χ4v) is 4.90. The minimum Gasteiger partial charge on any atom is -0.324 e. The molecule has 26 heavy (non-hydrogen) atoms. The summed E-state index contributed by atoms with van der Waals surface area (Å²) < 4.78 is 1.48. The van der Waals surface area contributed by atoms with Gasteiger partial charge in [0.25, 0.3) is 0 Å². The van der Waals surface area contributed by atoms with Crippen LogP contribution in [-0.2, 0) is 0 Å². The summed E-state index contributed by atoms with van der Waals surface area (Å²) in [5.74, 6) is 0. The Kier molecular flexibility index (Phi) is 15.8. The molecular weight excluding hydrogens is 314 g/mol. The van der Waals surface area contributed by atoms with Crippen molar-refractivity contribution in [1.29, 1.82) is 0 Å². The van der Waals surface area contributed by atoms with Gasteiger partial charge in [0.2, 0.25) is 0 Å². The third-order valence-corrected chi connectivity index (χ3v) is 6.74. The molecule has 0 atom stereocenters. The summed E-state index contributed by atoms with van der Waals surface area (Å²) in [6.45, 7) is 10.6. The lowest BCUT2D eigenvalue weighted by Crippen LogP contribution is -2.46. The van der Waals surface area contributed by atoms with Gasteiger partial charge in [0.05, 0.1) is 26.2 Å². The smallest absolute Gasteiger partial charge is 0.0788 e. The second-order valence-corrected chi connectivity index (χ2v) is 9.25. The van der Waals surface area contributed by atoms with Crippen LogP contribution >= 0.6 is 0 Å². The maximum Gasteiger partial charge on any atom is 0.0788 e. The first kappa shape index (κ1) is 24.0. The van der Waals surface area contributed by atoms with Gasteiger partial charge in [0.1, 0.15) is 0 Å². The molecule has 1 saturated heterocycles. The van der Waals surface area contributed by atoms with E-state index in [1.807, 2.05) is 0 Å². The fourth-order valence-electron chi connectivity index (χ4n) is 4.90. The molecule has 1 nitrogen and oxygen atoms in total. The topological polar surface area (TPSA) is 0 Å². The summed E-state index contributed by atoms with van der Waals surface area (Å²) in [4.78, 5) is 0. The Labute approximate surface area is 166 Å². The van der Waals surface area contributed by atoms with E-state index in [2.05, 4.69) is 13.8 Å². The highest BCUT2D eigenvalue weighted by atomic mass is 15.4. The van der Waals surface area contributed by atoms with Gasteiger partial charge in [0, 0.05) is 12.8 Å².